The summed E-state index contributed by atoms with van der Waals surface area (Å²) >= 11 is 1.21. The highest BCUT2D eigenvalue weighted by Crippen LogP contribution is 2.36. The van der Waals surface area contributed by atoms with Crippen molar-refractivity contribution in [3.8, 4) is 17.5 Å². The van der Waals surface area contributed by atoms with E-state index >= 15 is 0 Å². The second kappa shape index (κ2) is 9.02. The van der Waals surface area contributed by atoms with Crippen LogP contribution in [0.25, 0.3) is 11.4 Å². The van der Waals surface area contributed by atoms with E-state index < -0.39 is 0 Å². The summed E-state index contributed by atoms with van der Waals surface area (Å²) in [6.07, 6.45) is 5.30. The number of nitrogens with two attached hydrogens (primary N) is 1. The molecule has 28 heavy (non-hydrogen) atoms. The maximum absolute atomic E-state index is 14.4. The van der Waals surface area contributed by atoms with Crippen molar-refractivity contribution < 1.29 is 9.18 Å². The van der Waals surface area contributed by atoms with E-state index in [0.29, 0.717) is 16.5 Å². The number of halogens is 1. The molecule has 1 fully saturated rings. The molecule has 0 spiro atoms. The summed E-state index contributed by atoms with van der Waals surface area (Å²) in [7, 11) is 0. The summed E-state index contributed by atoms with van der Waals surface area (Å²) in [5.74, 6) is -0.197. The molecule has 1 aromatic heterocycles. The number of rotatable bonds is 6. The number of ketones is 1. The molecule has 1 heterocycles. The van der Waals surface area contributed by atoms with Crippen molar-refractivity contribution in [2.45, 2.75) is 50.2 Å². The van der Waals surface area contributed by atoms with E-state index in [1.807, 2.05) is 10.6 Å². The average molecular weight is 399 g/mol. The molecule has 6 nitrogen and oxygen atoms in total. The average Bonchev–Trinajstić information content (AvgIpc) is 3.11. The van der Waals surface area contributed by atoms with Gasteiger partial charge in [-0.25, -0.2) is 4.39 Å². The van der Waals surface area contributed by atoms with Gasteiger partial charge in [0.2, 0.25) is 0 Å². The molecule has 1 aliphatic rings. The maximum atomic E-state index is 14.4. The lowest BCUT2D eigenvalue weighted by molar-refractivity contribution is -0.112. The van der Waals surface area contributed by atoms with Crippen LogP contribution >= 0.6 is 11.8 Å². The molecule has 0 amide bonds. The van der Waals surface area contributed by atoms with E-state index in [9.17, 15) is 9.18 Å². The van der Waals surface area contributed by atoms with Gasteiger partial charge in [0.25, 0.3) is 0 Å². The van der Waals surface area contributed by atoms with Crippen LogP contribution in [-0.2, 0) is 4.79 Å². The maximum Gasteiger partial charge on any atom is 0.192 e. The number of carbonyl (C=O) groups excluding carboxylic acids is 1. The molecule has 2 N–H and O–H groups in total. The fourth-order valence-electron chi connectivity index (χ4n) is 3.44. The highest BCUT2D eigenvalue weighted by molar-refractivity contribution is 7.99. The number of nitrogens with zero attached hydrogens (tertiary/aromatic N) is 4. The molecule has 0 bridgehead atoms. The third kappa shape index (κ3) is 4.25. The Balaban J connectivity index is 1.93. The van der Waals surface area contributed by atoms with Crippen LogP contribution < -0.4 is 5.73 Å². The Bertz CT molecular complexity index is 936. The molecule has 2 aromatic rings. The van der Waals surface area contributed by atoms with Crippen molar-refractivity contribution in [2.75, 3.05) is 5.75 Å². The van der Waals surface area contributed by atoms with Gasteiger partial charge in [-0.15, -0.1) is 10.2 Å². The standard InChI is InChI=1S/C20H22FN5OS/c1-13(23)16(11-22)18(27)12-28-20-25-24-19(15-9-5-6-10-17(15)21)26(20)14-7-3-2-4-8-14/h5-6,9-10,14H,2-4,7-8,12,23H2,1H3/b16-13+. The third-order valence-electron chi connectivity index (χ3n) is 4.84. The third-order valence-corrected chi connectivity index (χ3v) is 5.78. The smallest absolute Gasteiger partial charge is 0.192 e. The predicted octanol–water partition coefficient (Wildman–Crippen LogP) is 4.01. The van der Waals surface area contributed by atoms with E-state index in [1.54, 1.807) is 18.2 Å². The summed E-state index contributed by atoms with van der Waals surface area (Å²) in [5.41, 5.74) is 6.18. The van der Waals surface area contributed by atoms with E-state index in [-0.39, 0.29) is 34.7 Å². The molecular weight excluding hydrogens is 377 g/mol. The van der Waals surface area contributed by atoms with Gasteiger partial charge in [0.1, 0.15) is 17.5 Å². The summed E-state index contributed by atoms with van der Waals surface area (Å²) in [6.45, 7) is 1.53. The first-order valence-electron chi connectivity index (χ1n) is 9.25. The van der Waals surface area contributed by atoms with Gasteiger partial charge in [0.15, 0.2) is 16.8 Å². The molecule has 3 rings (SSSR count). The lowest BCUT2D eigenvalue weighted by Gasteiger charge is -2.25. The Hall–Kier alpha value is -2.66. The normalized spacial score (nSPS) is 15.8. The summed E-state index contributed by atoms with van der Waals surface area (Å²) in [5, 5.41) is 18.2. The zero-order valence-corrected chi connectivity index (χ0v) is 16.5. The van der Waals surface area contributed by atoms with Gasteiger partial charge in [0, 0.05) is 11.7 Å². The van der Waals surface area contributed by atoms with Gasteiger partial charge in [0.05, 0.1) is 11.3 Å². The van der Waals surface area contributed by atoms with Crippen LogP contribution in [0, 0.1) is 17.1 Å². The number of carbonyl (C=O) groups is 1. The Morgan fingerprint density at radius 2 is 2.04 bits per heavy atom. The topological polar surface area (TPSA) is 97.6 Å². The van der Waals surface area contributed by atoms with Crippen molar-refractivity contribution in [3.63, 3.8) is 0 Å². The molecule has 1 aromatic carbocycles. The lowest BCUT2D eigenvalue weighted by Crippen LogP contribution is -2.16. The molecule has 0 atom stereocenters. The number of aromatic nitrogens is 3. The lowest BCUT2D eigenvalue weighted by atomic mass is 9.95. The fraction of sp³-hybridized carbons (Fsp3) is 0.400. The van der Waals surface area contributed by atoms with E-state index in [0.717, 1.165) is 25.7 Å². The molecular formula is C20H22FN5OS. The quantitative estimate of drug-likeness (QED) is 0.448. The van der Waals surface area contributed by atoms with E-state index in [4.69, 9.17) is 11.0 Å². The van der Waals surface area contributed by atoms with E-state index in [2.05, 4.69) is 10.2 Å². The van der Waals surface area contributed by atoms with Crippen LogP contribution in [0.3, 0.4) is 0 Å². The number of nitriles is 1. The van der Waals surface area contributed by atoms with Gasteiger partial charge in [-0.05, 0) is 31.9 Å². The monoisotopic (exact) mass is 399 g/mol. The number of Topliss-reactive ketones (excluding diaryl/α,β-unsaturated/α-hetero) is 1. The van der Waals surface area contributed by atoms with Gasteiger partial charge < -0.3 is 5.73 Å². The first-order valence-corrected chi connectivity index (χ1v) is 10.2. The Morgan fingerprint density at radius 3 is 2.68 bits per heavy atom. The minimum Gasteiger partial charge on any atom is -0.401 e. The second-order valence-electron chi connectivity index (χ2n) is 6.83. The van der Waals surface area contributed by atoms with Gasteiger partial charge >= 0.3 is 0 Å². The molecule has 0 unspecified atom stereocenters. The van der Waals surface area contributed by atoms with Gasteiger partial charge in [-0.3, -0.25) is 9.36 Å². The Kier molecular flexibility index (Phi) is 6.47. The molecule has 0 saturated heterocycles. The summed E-state index contributed by atoms with van der Waals surface area (Å²) in [4.78, 5) is 12.3. The molecule has 146 valence electrons. The molecule has 1 aliphatic carbocycles. The molecule has 0 radical (unpaired) electrons. The number of allylic oxidation sites excluding steroid dienone is 2. The van der Waals surface area contributed by atoms with Crippen molar-refractivity contribution in [3.05, 3.63) is 41.4 Å². The highest BCUT2D eigenvalue weighted by atomic mass is 32.2. The largest absolute Gasteiger partial charge is 0.401 e. The Morgan fingerprint density at radius 1 is 1.32 bits per heavy atom. The number of hydrogen-bond acceptors (Lipinski definition) is 6. The fourth-order valence-corrected chi connectivity index (χ4v) is 4.32. The van der Waals surface area contributed by atoms with Crippen molar-refractivity contribution in [1.82, 2.24) is 14.8 Å². The van der Waals surface area contributed by atoms with Crippen LogP contribution in [0.4, 0.5) is 4.39 Å². The number of thioether (sulfide) groups is 1. The zero-order valence-electron chi connectivity index (χ0n) is 15.7. The minimum atomic E-state index is -0.354. The highest BCUT2D eigenvalue weighted by Gasteiger charge is 2.25. The van der Waals surface area contributed by atoms with Crippen molar-refractivity contribution in [1.29, 1.82) is 5.26 Å². The summed E-state index contributed by atoms with van der Waals surface area (Å²) in [6, 6.07) is 8.51. The molecule has 0 aliphatic heterocycles. The van der Waals surface area contributed by atoms with Crippen LogP contribution in [0.2, 0.25) is 0 Å². The van der Waals surface area contributed by atoms with Crippen molar-refractivity contribution >= 4 is 17.5 Å². The van der Waals surface area contributed by atoms with Crippen LogP contribution in [0.1, 0.15) is 45.1 Å². The molecule has 1 saturated carbocycles. The first-order chi connectivity index (χ1) is 13.5. The predicted molar refractivity (Wildman–Crippen MR) is 106 cm³/mol. The first kappa shape index (κ1) is 20.1. The summed E-state index contributed by atoms with van der Waals surface area (Å²) < 4.78 is 16.3. The Labute approximate surface area is 167 Å². The SMILES string of the molecule is C/C(N)=C(/C#N)C(=O)CSc1nnc(-c2ccccc2F)n1C1CCCCC1. The van der Waals surface area contributed by atoms with Crippen LogP contribution in [-0.4, -0.2) is 26.3 Å². The number of hydrogen-bond donors (Lipinski definition) is 1. The zero-order chi connectivity index (χ0) is 20.1. The minimum absolute atomic E-state index is 0.0273. The van der Waals surface area contributed by atoms with Crippen LogP contribution in [0.5, 0.6) is 0 Å². The van der Waals surface area contributed by atoms with Gasteiger partial charge in [-0.1, -0.05) is 43.2 Å². The van der Waals surface area contributed by atoms with Crippen molar-refractivity contribution in [2.24, 2.45) is 5.73 Å². The molecule has 8 heteroatoms. The van der Waals surface area contributed by atoms with Gasteiger partial charge in [-0.2, -0.15) is 5.26 Å². The second-order valence-corrected chi connectivity index (χ2v) is 7.77. The number of benzene rings is 1. The van der Waals surface area contributed by atoms with Crippen LogP contribution in [0.15, 0.2) is 40.7 Å². The van der Waals surface area contributed by atoms with E-state index in [1.165, 1.54) is 31.2 Å².